The predicted octanol–water partition coefficient (Wildman–Crippen LogP) is 1.67. The highest BCUT2D eigenvalue weighted by Crippen LogP contribution is 2.25. The summed E-state index contributed by atoms with van der Waals surface area (Å²) in [6.45, 7) is 2.60. The number of nitrogens with one attached hydrogen (secondary N) is 2. The number of thioether (sulfide) groups is 2. The molecular formula is C13H15N3O2S2. The number of benzene rings is 1. The summed E-state index contributed by atoms with van der Waals surface area (Å²) in [6.07, 6.45) is 0. The Bertz CT molecular complexity index is 520. The fourth-order valence-corrected chi connectivity index (χ4v) is 3.60. The van der Waals surface area contributed by atoms with E-state index in [0.717, 1.165) is 16.7 Å². The first-order chi connectivity index (χ1) is 9.66. The molecule has 7 heteroatoms. The maximum Gasteiger partial charge on any atom is 0.269 e. The molecule has 1 aromatic carbocycles. The van der Waals surface area contributed by atoms with E-state index >= 15 is 0 Å². The molecule has 1 heterocycles. The van der Waals surface area contributed by atoms with Crippen LogP contribution in [-0.2, 0) is 4.79 Å². The van der Waals surface area contributed by atoms with Gasteiger partial charge in [0.25, 0.3) is 11.8 Å². The molecule has 2 N–H and O–H groups in total. The molecule has 5 nitrogen and oxygen atoms in total. The van der Waals surface area contributed by atoms with E-state index in [4.69, 9.17) is 0 Å². The number of carbonyl (C=O) groups excluding carboxylic acids is 2. The molecular weight excluding hydrogens is 294 g/mol. The van der Waals surface area contributed by atoms with E-state index in [1.165, 1.54) is 11.8 Å². The Morgan fingerprint density at radius 2 is 2.05 bits per heavy atom. The molecule has 0 bridgehead atoms. The summed E-state index contributed by atoms with van der Waals surface area (Å²) in [5, 5.41) is -0.296. The predicted molar refractivity (Wildman–Crippen MR) is 83.9 cm³/mol. The van der Waals surface area contributed by atoms with Crippen molar-refractivity contribution in [1.29, 1.82) is 0 Å². The second-order valence-corrected chi connectivity index (χ2v) is 6.74. The second-order valence-electron chi connectivity index (χ2n) is 4.07. The van der Waals surface area contributed by atoms with Crippen LogP contribution in [0.25, 0.3) is 0 Å². The molecule has 0 saturated carbocycles. The molecule has 2 amide bonds. The second kappa shape index (κ2) is 7.35. The van der Waals surface area contributed by atoms with Crippen LogP contribution in [0.3, 0.4) is 0 Å². The van der Waals surface area contributed by atoms with Crippen LogP contribution < -0.4 is 10.9 Å². The quantitative estimate of drug-likeness (QED) is 0.833. The average molecular weight is 309 g/mol. The molecule has 1 aliphatic heterocycles. The van der Waals surface area contributed by atoms with Gasteiger partial charge in [-0.3, -0.25) is 25.4 Å². The minimum Gasteiger partial charge on any atom is -0.272 e. The van der Waals surface area contributed by atoms with Gasteiger partial charge < -0.3 is 0 Å². The number of hydrazine groups is 1. The molecule has 0 radical (unpaired) electrons. The van der Waals surface area contributed by atoms with Gasteiger partial charge in [0.2, 0.25) is 0 Å². The third-order valence-electron chi connectivity index (χ3n) is 2.54. The van der Waals surface area contributed by atoms with Crippen LogP contribution in [0.5, 0.6) is 0 Å². The van der Waals surface area contributed by atoms with Crippen molar-refractivity contribution in [3.8, 4) is 0 Å². The van der Waals surface area contributed by atoms with Gasteiger partial charge in [-0.15, -0.1) is 0 Å². The summed E-state index contributed by atoms with van der Waals surface area (Å²) in [6, 6.07) is 8.73. The van der Waals surface area contributed by atoms with E-state index in [1.807, 2.05) is 6.07 Å². The van der Waals surface area contributed by atoms with Crippen molar-refractivity contribution in [2.24, 2.45) is 4.99 Å². The van der Waals surface area contributed by atoms with Gasteiger partial charge in [-0.2, -0.15) is 0 Å². The zero-order valence-electron chi connectivity index (χ0n) is 11.0. The van der Waals surface area contributed by atoms with Crippen molar-refractivity contribution in [3.05, 3.63) is 35.9 Å². The summed E-state index contributed by atoms with van der Waals surface area (Å²) in [5.74, 6) is 0.403. The van der Waals surface area contributed by atoms with E-state index in [-0.39, 0.29) is 17.1 Å². The van der Waals surface area contributed by atoms with Crippen molar-refractivity contribution in [1.82, 2.24) is 10.9 Å². The molecule has 2 rings (SSSR count). The molecule has 1 aliphatic rings. The van der Waals surface area contributed by atoms with Gasteiger partial charge in [-0.05, 0) is 19.1 Å². The Kier molecular flexibility index (Phi) is 5.49. The number of hydrogen-bond acceptors (Lipinski definition) is 5. The van der Waals surface area contributed by atoms with Gasteiger partial charge in [0.15, 0.2) is 0 Å². The fraction of sp³-hybridized carbons (Fsp3) is 0.308. The van der Waals surface area contributed by atoms with Crippen LogP contribution in [0.1, 0.15) is 17.3 Å². The van der Waals surface area contributed by atoms with Crippen molar-refractivity contribution in [3.63, 3.8) is 0 Å². The lowest BCUT2D eigenvalue weighted by atomic mass is 10.2. The first-order valence-corrected chi connectivity index (χ1v) is 8.02. The number of aliphatic imine (C=N–C) groups is 1. The van der Waals surface area contributed by atoms with E-state index in [1.54, 1.807) is 43.0 Å². The molecule has 0 spiro atoms. The molecule has 106 valence electrons. The van der Waals surface area contributed by atoms with Gasteiger partial charge in [0, 0.05) is 11.3 Å². The van der Waals surface area contributed by atoms with Crippen molar-refractivity contribution in [2.45, 2.75) is 12.2 Å². The van der Waals surface area contributed by atoms with Gasteiger partial charge >= 0.3 is 0 Å². The van der Waals surface area contributed by atoms with Crippen molar-refractivity contribution in [2.75, 3.05) is 12.3 Å². The zero-order chi connectivity index (χ0) is 14.4. The van der Waals surface area contributed by atoms with E-state index < -0.39 is 0 Å². The minimum atomic E-state index is -0.330. The number of carbonyl (C=O) groups is 2. The molecule has 1 atom stereocenters. The van der Waals surface area contributed by atoms with E-state index in [2.05, 4.69) is 15.8 Å². The lowest BCUT2D eigenvalue weighted by Crippen LogP contribution is -2.45. The number of rotatable bonds is 3. The summed E-state index contributed by atoms with van der Waals surface area (Å²) < 4.78 is 0.932. The monoisotopic (exact) mass is 309 g/mol. The van der Waals surface area contributed by atoms with Crippen LogP contribution in [0.4, 0.5) is 0 Å². The normalized spacial score (nSPS) is 15.3. The third kappa shape index (κ3) is 4.28. The van der Waals surface area contributed by atoms with Crippen LogP contribution in [0.15, 0.2) is 35.3 Å². The Labute approximate surface area is 126 Å². The van der Waals surface area contributed by atoms with E-state index in [0.29, 0.717) is 5.56 Å². The van der Waals surface area contributed by atoms with Crippen molar-refractivity contribution < 1.29 is 9.59 Å². The molecule has 0 aromatic heterocycles. The summed E-state index contributed by atoms with van der Waals surface area (Å²) in [4.78, 5) is 27.9. The zero-order valence-corrected chi connectivity index (χ0v) is 12.6. The smallest absolute Gasteiger partial charge is 0.269 e. The fourth-order valence-electron chi connectivity index (χ4n) is 1.47. The van der Waals surface area contributed by atoms with Crippen molar-refractivity contribution >= 4 is 39.7 Å². The SMILES string of the molecule is C[C@H](SC1=NCCS1)C(=O)NNC(=O)c1ccccc1. The third-order valence-corrected chi connectivity index (χ3v) is 4.84. The first-order valence-electron chi connectivity index (χ1n) is 6.16. The van der Waals surface area contributed by atoms with E-state index in [9.17, 15) is 9.59 Å². The molecule has 0 unspecified atom stereocenters. The molecule has 0 fully saturated rings. The Hall–Kier alpha value is -1.47. The Morgan fingerprint density at radius 1 is 1.30 bits per heavy atom. The van der Waals surface area contributed by atoms with Crippen LogP contribution in [0.2, 0.25) is 0 Å². The number of nitrogens with zero attached hydrogens (tertiary/aromatic N) is 1. The Balaban J connectivity index is 1.78. The van der Waals surface area contributed by atoms with Crippen LogP contribution in [-0.4, -0.2) is 33.7 Å². The lowest BCUT2D eigenvalue weighted by Gasteiger charge is -2.12. The number of hydrogen-bond donors (Lipinski definition) is 2. The first kappa shape index (κ1) is 14.9. The largest absolute Gasteiger partial charge is 0.272 e. The average Bonchev–Trinajstić information content (AvgIpc) is 2.98. The maximum atomic E-state index is 11.9. The summed E-state index contributed by atoms with van der Waals surface area (Å²) in [7, 11) is 0. The highest BCUT2D eigenvalue weighted by atomic mass is 32.2. The molecule has 0 saturated heterocycles. The minimum absolute atomic E-state index is 0.241. The summed E-state index contributed by atoms with van der Waals surface area (Å²) in [5.41, 5.74) is 5.34. The van der Waals surface area contributed by atoms with Gasteiger partial charge in [0.05, 0.1) is 11.8 Å². The highest BCUT2D eigenvalue weighted by molar-refractivity contribution is 8.39. The summed E-state index contributed by atoms with van der Waals surface area (Å²) >= 11 is 3.07. The maximum absolute atomic E-state index is 11.9. The highest BCUT2D eigenvalue weighted by Gasteiger charge is 2.19. The van der Waals surface area contributed by atoms with Gasteiger partial charge in [-0.25, -0.2) is 0 Å². The number of amides is 2. The van der Waals surface area contributed by atoms with Crippen LogP contribution >= 0.6 is 23.5 Å². The lowest BCUT2D eigenvalue weighted by molar-refractivity contribution is -0.121. The molecule has 1 aromatic rings. The van der Waals surface area contributed by atoms with Gasteiger partial charge in [0.1, 0.15) is 4.38 Å². The van der Waals surface area contributed by atoms with Gasteiger partial charge in [-0.1, -0.05) is 41.7 Å². The molecule has 0 aliphatic carbocycles. The Morgan fingerprint density at radius 3 is 2.70 bits per heavy atom. The molecule has 20 heavy (non-hydrogen) atoms. The van der Waals surface area contributed by atoms with Crippen LogP contribution in [0, 0.1) is 0 Å². The standard InChI is InChI=1S/C13H15N3O2S2/c1-9(20-13-14-7-8-19-13)11(17)15-16-12(18)10-5-3-2-4-6-10/h2-6,9H,7-8H2,1H3,(H,15,17)(H,16,18)/t9-/m0/s1. The topological polar surface area (TPSA) is 70.6 Å².